The van der Waals surface area contributed by atoms with E-state index in [1.807, 2.05) is 0 Å². The summed E-state index contributed by atoms with van der Waals surface area (Å²) in [5.41, 5.74) is 1.52. The minimum atomic E-state index is -3.58. The number of ether oxygens (including phenoxy) is 1. The number of nitrogens with zero attached hydrogens (tertiary/aromatic N) is 1. The molecule has 0 aliphatic carbocycles. The number of rotatable bonds is 4. The SMILES string of the molecule is CN(C)S(=O)(=O)c1ccc(C(=O)Nc2ccc3c(c2)C(=O)Nc2ccccc2O3)cc1. The molecule has 2 N–H and O–H groups in total. The Morgan fingerprint density at radius 2 is 1.68 bits per heavy atom. The Kier molecular flexibility index (Phi) is 5.22. The minimum absolute atomic E-state index is 0.0902. The van der Waals surface area contributed by atoms with Crippen LogP contribution in [0.25, 0.3) is 0 Å². The zero-order chi connectivity index (χ0) is 22.2. The Morgan fingerprint density at radius 1 is 0.968 bits per heavy atom. The summed E-state index contributed by atoms with van der Waals surface area (Å²) in [6, 6.07) is 17.5. The number of benzene rings is 3. The van der Waals surface area contributed by atoms with Crippen LogP contribution in [0.4, 0.5) is 11.4 Å². The van der Waals surface area contributed by atoms with Crippen LogP contribution < -0.4 is 15.4 Å². The highest BCUT2D eigenvalue weighted by Crippen LogP contribution is 2.36. The van der Waals surface area contributed by atoms with Gasteiger partial charge >= 0.3 is 0 Å². The maximum absolute atomic E-state index is 12.6. The molecule has 0 saturated heterocycles. The van der Waals surface area contributed by atoms with Crippen LogP contribution in [0.2, 0.25) is 0 Å². The Labute approximate surface area is 179 Å². The molecule has 0 bridgehead atoms. The molecule has 0 unspecified atom stereocenters. The lowest BCUT2D eigenvalue weighted by atomic mass is 10.1. The molecular formula is C22H19N3O5S. The van der Waals surface area contributed by atoms with E-state index in [4.69, 9.17) is 4.74 Å². The van der Waals surface area contributed by atoms with Crippen molar-refractivity contribution in [3.8, 4) is 11.5 Å². The number of carbonyl (C=O) groups excluding carboxylic acids is 2. The van der Waals surface area contributed by atoms with Crippen molar-refractivity contribution in [1.82, 2.24) is 4.31 Å². The van der Waals surface area contributed by atoms with Crippen molar-refractivity contribution in [3.63, 3.8) is 0 Å². The third kappa shape index (κ3) is 4.00. The molecule has 9 heteroatoms. The van der Waals surface area contributed by atoms with E-state index in [9.17, 15) is 18.0 Å². The Bertz CT molecular complexity index is 1280. The van der Waals surface area contributed by atoms with Gasteiger partial charge in [0.05, 0.1) is 16.1 Å². The van der Waals surface area contributed by atoms with Crippen LogP contribution in [0.15, 0.2) is 71.6 Å². The second kappa shape index (κ2) is 7.86. The van der Waals surface area contributed by atoms with Crippen molar-refractivity contribution in [1.29, 1.82) is 0 Å². The predicted molar refractivity (Wildman–Crippen MR) is 116 cm³/mol. The van der Waals surface area contributed by atoms with Gasteiger partial charge in [0.25, 0.3) is 11.8 Å². The summed E-state index contributed by atoms with van der Waals surface area (Å²) >= 11 is 0. The first-order valence-electron chi connectivity index (χ1n) is 9.32. The molecule has 0 radical (unpaired) electrons. The van der Waals surface area contributed by atoms with E-state index in [0.717, 1.165) is 4.31 Å². The Balaban J connectivity index is 1.55. The first-order chi connectivity index (χ1) is 14.8. The molecule has 0 fully saturated rings. The van der Waals surface area contributed by atoms with Gasteiger partial charge in [0.15, 0.2) is 5.75 Å². The molecule has 0 atom stereocenters. The van der Waals surface area contributed by atoms with Gasteiger partial charge in [-0.2, -0.15) is 0 Å². The molecule has 3 aromatic carbocycles. The van der Waals surface area contributed by atoms with Gasteiger partial charge < -0.3 is 15.4 Å². The smallest absolute Gasteiger partial charge is 0.259 e. The number of amides is 2. The summed E-state index contributed by atoms with van der Waals surface area (Å²) in [4.78, 5) is 25.3. The molecule has 3 aromatic rings. The zero-order valence-corrected chi connectivity index (χ0v) is 17.6. The predicted octanol–water partition coefficient (Wildman–Crippen LogP) is 3.55. The molecule has 31 heavy (non-hydrogen) atoms. The molecule has 2 amide bonds. The van der Waals surface area contributed by atoms with E-state index >= 15 is 0 Å². The zero-order valence-electron chi connectivity index (χ0n) is 16.7. The van der Waals surface area contributed by atoms with Gasteiger partial charge in [0.1, 0.15) is 5.75 Å². The fraction of sp³-hybridized carbons (Fsp3) is 0.0909. The fourth-order valence-corrected chi connectivity index (χ4v) is 3.94. The molecular weight excluding hydrogens is 418 g/mol. The molecule has 4 rings (SSSR count). The highest BCUT2D eigenvalue weighted by molar-refractivity contribution is 7.89. The number of hydrogen-bond donors (Lipinski definition) is 2. The van der Waals surface area contributed by atoms with Gasteiger partial charge in [-0.3, -0.25) is 9.59 Å². The van der Waals surface area contributed by atoms with Crippen molar-refractivity contribution in [2.45, 2.75) is 4.90 Å². The van der Waals surface area contributed by atoms with Crippen LogP contribution in [0.1, 0.15) is 20.7 Å². The number of sulfonamides is 1. The monoisotopic (exact) mass is 437 g/mol. The molecule has 1 aliphatic rings. The lowest BCUT2D eigenvalue weighted by Gasteiger charge is -2.12. The molecule has 0 aromatic heterocycles. The normalized spacial score (nSPS) is 12.8. The third-order valence-electron chi connectivity index (χ3n) is 4.73. The second-order valence-electron chi connectivity index (χ2n) is 7.03. The summed E-state index contributed by atoms with van der Waals surface area (Å²) in [5, 5.41) is 5.50. The average Bonchev–Trinajstić information content (AvgIpc) is 2.89. The van der Waals surface area contributed by atoms with Crippen molar-refractivity contribution in [3.05, 3.63) is 77.9 Å². The summed E-state index contributed by atoms with van der Waals surface area (Å²) < 4.78 is 31.2. The highest BCUT2D eigenvalue weighted by Gasteiger charge is 2.22. The summed E-state index contributed by atoms with van der Waals surface area (Å²) in [7, 11) is -0.703. The quantitative estimate of drug-likeness (QED) is 0.650. The van der Waals surface area contributed by atoms with Crippen LogP contribution in [0, 0.1) is 0 Å². The van der Waals surface area contributed by atoms with Crippen molar-refractivity contribution < 1.29 is 22.7 Å². The van der Waals surface area contributed by atoms with Crippen LogP contribution >= 0.6 is 0 Å². The molecule has 0 spiro atoms. The largest absolute Gasteiger partial charge is 0.454 e. The molecule has 8 nitrogen and oxygen atoms in total. The lowest BCUT2D eigenvalue weighted by molar-refractivity contribution is 0.101. The van der Waals surface area contributed by atoms with Crippen LogP contribution in [-0.2, 0) is 10.0 Å². The van der Waals surface area contributed by atoms with E-state index in [0.29, 0.717) is 22.9 Å². The third-order valence-corrected chi connectivity index (χ3v) is 6.56. The molecule has 0 saturated carbocycles. The topological polar surface area (TPSA) is 105 Å². The van der Waals surface area contributed by atoms with Gasteiger partial charge in [-0.25, -0.2) is 12.7 Å². The minimum Gasteiger partial charge on any atom is -0.454 e. The average molecular weight is 437 g/mol. The number of fused-ring (bicyclic) bond motifs is 2. The molecule has 1 aliphatic heterocycles. The number of nitrogens with one attached hydrogen (secondary N) is 2. The van der Waals surface area contributed by atoms with Gasteiger partial charge in [-0.15, -0.1) is 0 Å². The van der Waals surface area contributed by atoms with Gasteiger partial charge in [0.2, 0.25) is 10.0 Å². The number of hydrogen-bond acceptors (Lipinski definition) is 5. The number of para-hydroxylation sites is 2. The summed E-state index contributed by atoms with van der Waals surface area (Å²) in [6.45, 7) is 0. The highest BCUT2D eigenvalue weighted by atomic mass is 32.2. The Hall–Kier alpha value is -3.69. The maximum Gasteiger partial charge on any atom is 0.259 e. The van der Waals surface area contributed by atoms with Gasteiger partial charge in [0, 0.05) is 25.3 Å². The number of anilines is 2. The fourth-order valence-electron chi connectivity index (χ4n) is 3.03. The first-order valence-corrected chi connectivity index (χ1v) is 10.8. The van der Waals surface area contributed by atoms with Crippen LogP contribution in [0.3, 0.4) is 0 Å². The second-order valence-corrected chi connectivity index (χ2v) is 9.18. The Morgan fingerprint density at radius 3 is 2.39 bits per heavy atom. The lowest BCUT2D eigenvalue weighted by Crippen LogP contribution is -2.22. The van der Waals surface area contributed by atoms with Crippen LogP contribution in [0.5, 0.6) is 11.5 Å². The number of carbonyl (C=O) groups is 2. The van der Waals surface area contributed by atoms with Gasteiger partial charge in [-0.1, -0.05) is 12.1 Å². The van der Waals surface area contributed by atoms with E-state index < -0.39 is 15.9 Å². The van der Waals surface area contributed by atoms with E-state index in [2.05, 4.69) is 10.6 Å². The van der Waals surface area contributed by atoms with Crippen molar-refractivity contribution in [2.75, 3.05) is 24.7 Å². The summed E-state index contributed by atoms with van der Waals surface area (Å²) in [5.74, 6) is 0.110. The molecule has 158 valence electrons. The van der Waals surface area contributed by atoms with E-state index in [-0.39, 0.29) is 21.9 Å². The van der Waals surface area contributed by atoms with Crippen molar-refractivity contribution in [2.24, 2.45) is 0 Å². The standard InChI is InChI=1S/C22H19N3O5S/c1-25(2)31(28,29)16-10-7-14(8-11-16)21(26)23-15-9-12-19-17(13-15)22(27)24-18-5-3-4-6-20(18)30-19/h3-13H,1-2H3,(H,23,26)(H,24,27). The van der Waals surface area contributed by atoms with Crippen molar-refractivity contribution >= 4 is 33.2 Å². The maximum atomic E-state index is 12.6. The first kappa shape index (κ1) is 20.6. The van der Waals surface area contributed by atoms with E-state index in [1.54, 1.807) is 36.4 Å². The molecule has 1 heterocycles. The van der Waals surface area contributed by atoms with Crippen LogP contribution in [-0.4, -0.2) is 38.6 Å². The summed E-state index contributed by atoms with van der Waals surface area (Å²) in [6.07, 6.45) is 0. The van der Waals surface area contributed by atoms with Gasteiger partial charge in [-0.05, 0) is 54.6 Å². The van der Waals surface area contributed by atoms with E-state index in [1.165, 1.54) is 44.4 Å².